The molecule has 0 radical (unpaired) electrons. The number of fused-ring (bicyclic) bond motifs is 1. The summed E-state index contributed by atoms with van der Waals surface area (Å²) >= 11 is 0. The Hall–Kier alpha value is -1.60. The molecule has 0 saturated carbocycles. The second-order valence-electron chi connectivity index (χ2n) is 6.93. The molecule has 2 heterocycles. The Balaban J connectivity index is 0.00000208. The lowest BCUT2D eigenvalue weighted by Crippen LogP contribution is -3.00. The molecule has 0 unspecified atom stereocenters. The van der Waals surface area contributed by atoms with Gasteiger partial charge in [-0.15, -0.1) is 0 Å². The van der Waals surface area contributed by atoms with Crippen molar-refractivity contribution in [3.63, 3.8) is 0 Å². The van der Waals surface area contributed by atoms with Gasteiger partial charge in [-0.2, -0.15) is 0 Å². The summed E-state index contributed by atoms with van der Waals surface area (Å²) in [4.78, 5) is 4.74. The average Bonchev–Trinajstić information content (AvgIpc) is 2.81. The van der Waals surface area contributed by atoms with Gasteiger partial charge in [-0.3, -0.25) is 4.40 Å². The van der Waals surface area contributed by atoms with Crippen LogP contribution in [0.15, 0.2) is 48.7 Å². The molecule has 0 amide bonds. The van der Waals surface area contributed by atoms with Crippen molar-refractivity contribution in [3.8, 4) is 5.75 Å². The minimum absolute atomic E-state index is 0. The summed E-state index contributed by atoms with van der Waals surface area (Å²) in [5, 5.41) is 0. The lowest BCUT2D eigenvalue weighted by molar-refractivity contribution is -0.884. The molecule has 0 aliphatic heterocycles. The van der Waals surface area contributed by atoms with Gasteiger partial charge in [0.2, 0.25) is 24.0 Å². The van der Waals surface area contributed by atoms with Gasteiger partial charge in [0.05, 0.1) is 26.8 Å². The fourth-order valence-electron chi connectivity index (χ4n) is 2.69. The molecule has 4 nitrogen and oxygen atoms in total. The Labute approximate surface area is 160 Å². The molecule has 128 valence electrons. The Morgan fingerprint density at radius 2 is 1.75 bits per heavy atom. The van der Waals surface area contributed by atoms with Gasteiger partial charge in [0.1, 0.15) is 18.8 Å². The van der Waals surface area contributed by atoms with E-state index in [2.05, 4.69) is 50.8 Å². The predicted molar refractivity (Wildman–Crippen MR) is 95.2 cm³/mol. The lowest BCUT2D eigenvalue weighted by atomic mass is 10.2. The molecule has 0 N–H and O–H groups in total. The number of imidazole rings is 1. The highest BCUT2D eigenvalue weighted by Gasteiger charge is 2.18. The number of ether oxygens (including phenoxy) is 1. The first-order valence-corrected chi connectivity index (χ1v) is 7.88. The number of hydrogen-bond acceptors (Lipinski definition) is 2. The third-order valence-corrected chi connectivity index (χ3v) is 3.77. The Kier molecular flexibility index (Phi) is 5.87. The highest BCUT2D eigenvalue weighted by molar-refractivity contribution is 5.56. The minimum Gasteiger partial charge on any atom is -0.485 e. The fraction of sp³-hybridized carbons (Fsp3) is 0.316. The van der Waals surface area contributed by atoms with Crippen LogP contribution in [0.25, 0.3) is 5.65 Å². The van der Waals surface area contributed by atoms with Crippen LogP contribution >= 0.6 is 0 Å². The number of pyridine rings is 1. The summed E-state index contributed by atoms with van der Waals surface area (Å²) < 4.78 is 9.03. The number of halogens is 1. The van der Waals surface area contributed by atoms with Crippen LogP contribution in [0.4, 0.5) is 0 Å². The van der Waals surface area contributed by atoms with Gasteiger partial charge < -0.3 is 9.22 Å². The van der Waals surface area contributed by atoms with E-state index in [-0.39, 0.29) is 24.0 Å². The van der Waals surface area contributed by atoms with Gasteiger partial charge >= 0.3 is 0 Å². The number of rotatable bonds is 5. The van der Waals surface area contributed by atoms with Crippen molar-refractivity contribution in [2.45, 2.75) is 20.1 Å². The molecule has 2 aromatic heterocycles. The maximum atomic E-state index is 6.02. The molecule has 0 saturated heterocycles. The van der Waals surface area contributed by atoms with E-state index >= 15 is 0 Å². The average molecular weight is 439 g/mol. The number of aryl methyl sites for hydroxylation is 1. The van der Waals surface area contributed by atoms with Crippen LogP contribution < -0.4 is 28.7 Å². The van der Waals surface area contributed by atoms with Crippen LogP contribution in [0.5, 0.6) is 5.75 Å². The second kappa shape index (κ2) is 7.53. The zero-order chi connectivity index (χ0) is 16.4. The van der Waals surface area contributed by atoms with Gasteiger partial charge in [-0.25, -0.2) is 4.98 Å². The van der Waals surface area contributed by atoms with Crippen molar-refractivity contribution in [2.24, 2.45) is 0 Å². The normalized spacial score (nSPS) is 11.3. The Bertz CT molecular complexity index is 807. The van der Waals surface area contributed by atoms with Crippen molar-refractivity contribution in [3.05, 3.63) is 65.6 Å². The van der Waals surface area contributed by atoms with E-state index in [4.69, 9.17) is 9.72 Å². The molecule has 0 aliphatic rings. The summed E-state index contributed by atoms with van der Waals surface area (Å²) in [7, 11) is 6.57. The largest absolute Gasteiger partial charge is 0.485 e. The van der Waals surface area contributed by atoms with Crippen LogP contribution in [0.3, 0.4) is 0 Å². The van der Waals surface area contributed by atoms with Crippen molar-refractivity contribution in [1.29, 1.82) is 0 Å². The topological polar surface area (TPSA) is 26.5 Å². The van der Waals surface area contributed by atoms with Crippen LogP contribution in [-0.2, 0) is 13.2 Å². The van der Waals surface area contributed by atoms with Gasteiger partial charge in [0.25, 0.3) is 0 Å². The number of benzene rings is 1. The summed E-state index contributed by atoms with van der Waals surface area (Å²) in [6, 6.07) is 14.2. The standard InChI is InChI=1S/C19H24N3O.H2I/c1-15-17(13-22(2,3)4)21-12-8-11-18(19(21)20-15)23-14-16-9-6-5-7-10-16;/h5-12H,13-14H2,1-4H3;1H2/q2*+1. The first-order chi connectivity index (χ1) is 10.9. The molecule has 5 heteroatoms. The molecule has 3 rings (SSSR count). The number of hydrogen-bond donors (Lipinski definition) is 0. The van der Waals surface area contributed by atoms with E-state index in [0.29, 0.717) is 6.61 Å². The molecular weight excluding hydrogens is 413 g/mol. The third-order valence-electron chi connectivity index (χ3n) is 3.77. The smallest absolute Gasteiger partial charge is 0.235 e. The quantitative estimate of drug-likeness (QED) is 0.410. The molecule has 24 heavy (non-hydrogen) atoms. The first kappa shape index (κ1) is 18.7. The summed E-state index contributed by atoms with van der Waals surface area (Å²) in [6.07, 6.45) is 2.07. The Morgan fingerprint density at radius 1 is 1.04 bits per heavy atom. The predicted octanol–water partition coefficient (Wildman–Crippen LogP) is -0.103. The van der Waals surface area contributed by atoms with Gasteiger partial charge in [-0.05, 0) is 24.6 Å². The highest BCUT2D eigenvalue weighted by Crippen LogP contribution is 2.24. The first-order valence-electron chi connectivity index (χ1n) is 7.88. The second-order valence-corrected chi connectivity index (χ2v) is 6.93. The molecule has 0 aliphatic carbocycles. The zero-order valence-electron chi connectivity index (χ0n) is 14.7. The molecule has 1 aromatic carbocycles. The maximum absolute atomic E-state index is 6.02. The van der Waals surface area contributed by atoms with E-state index in [1.165, 1.54) is 5.69 Å². The van der Waals surface area contributed by atoms with E-state index < -0.39 is 0 Å². The minimum atomic E-state index is 0. The van der Waals surface area contributed by atoms with Crippen LogP contribution in [0.2, 0.25) is 0 Å². The molecular formula is C19H26IN3O+2. The monoisotopic (exact) mass is 439 g/mol. The van der Waals surface area contributed by atoms with Gasteiger partial charge in [-0.1, -0.05) is 30.3 Å². The van der Waals surface area contributed by atoms with Gasteiger partial charge in [0.15, 0.2) is 11.4 Å². The summed E-state index contributed by atoms with van der Waals surface area (Å²) in [5.74, 6) is 0.826. The van der Waals surface area contributed by atoms with Crippen molar-refractivity contribution in [1.82, 2.24) is 9.38 Å². The van der Waals surface area contributed by atoms with E-state index in [0.717, 1.165) is 33.7 Å². The molecule has 0 fully saturated rings. The molecule has 0 atom stereocenters. The maximum Gasteiger partial charge on any atom is 0.235 e. The van der Waals surface area contributed by atoms with Crippen LogP contribution in [0.1, 0.15) is 17.0 Å². The van der Waals surface area contributed by atoms with Crippen molar-refractivity contribution < 1.29 is 33.2 Å². The molecule has 0 spiro atoms. The van der Waals surface area contributed by atoms with E-state index in [1.807, 2.05) is 30.3 Å². The van der Waals surface area contributed by atoms with E-state index in [9.17, 15) is 0 Å². The van der Waals surface area contributed by atoms with Gasteiger partial charge in [0, 0.05) is 6.20 Å². The number of quaternary nitrogens is 1. The summed E-state index contributed by atoms with van der Waals surface area (Å²) in [6.45, 7) is 3.55. The fourth-order valence-corrected chi connectivity index (χ4v) is 2.69. The SMILES string of the molecule is Cc1nc2c(OCc3ccccc3)cccn2c1C[N+](C)(C)C.[IH2+]. The van der Waals surface area contributed by atoms with Crippen molar-refractivity contribution >= 4 is 5.65 Å². The number of nitrogens with zero attached hydrogens (tertiary/aromatic N) is 3. The lowest BCUT2D eigenvalue weighted by Gasteiger charge is -2.23. The molecule has 0 bridgehead atoms. The van der Waals surface area contributed by atoms with Crippen molar-refractivity contribution in [2.75, 3.05) is 21.1 Å². The highest BCUT2D eigenvalue weighted by atomic mass is 127. The Morgan fingerprint density at radius 3 is 2.42 bits per heavy atom. The molecule has 3 aromatic rings. The third kappa shape index (κ3) is 4.27. The zero-order valence-corrected chi connectivity index (χ0v) is 17.3. The van der Waals surface area contributed by atoms with Crippen LogP contribution in [-0.4, -0.2) is 35.0 Å². The number of aromatic nitrogens is 2. The summed E-state index contributed by atoms with van der Waals surface area (Å²) in [5.41, 5.74) is 4.35. The van der Waals surface area contributed by atoms with E-state index in [1.54, 1.807) is 0 Å². The van der Waals surface area contributed by atoms with Crippen LogP contribution in [0, 0.1) is 6.92 Å².